The Labute approximate surface area is 105 Å². The number of aromatic nitrogens is 1. The summed E-state index contributed by atoms with van der Waals surface area (Å²) in [6, 6.07) is 3.25. The smallest absolute Gasteiger partial charge is 0.323 e. The van der Waals surface area contributed by atoms with Crippen LogP contribution in [0.4, 0.5) is 5.82 Å². The van der Waals surface area contributed by atoms with Crippen molar-refractivity contribution in [3.8, 4) is 0 Å². The quantitative estimate of drug-likeness (QED) is 0.779. The van der Waals surface area contributed by atoms with Gasteiger partial charge in [-0.15, -0.1) is 0 Å². The molecular weight excluding hydrogens is 234 g/mol. The van der Waals surface area contributed by atoms with Gasteiger partial charge in [0.1, 0.15) is 12.4 Å². The average Bonchev–Trinajstić information content (AvgIpc) is 2.27. The first-order valence-corrected chi connectivity index (χ1v) is 5.70. The second-order valence-corrected chi connectivity index (χ2v) is 4.00. The third kappa shape index (κ3) is 3.44. The molecule has 0 saturated carbocycles. The molecule has 0 aliphatic rings. The Morgan fingerprint density at radius 1 is 1.44 bits per heavy atom. The van der Waals surface area contributed by atoms with Gasteiger partial charge in [0.15, 0.2) is 0 Å². The van der Waals surface area contributed by atoms with E-state index < -0.39 is 11.9 Å². The summed E-state index contributed by atoms with van der Waals surface area (Å²) in [5.41, 5.74) is 6.23. The molecule has 0 unspecified atom stereocenters. The summed E-state index contributed by atoms with van der Waals surface area (Å²) in [6.45, 7) is 4.00. The van der Waals surface area contributed by atoms with Crippen molar-refractivity contribution >= 4 is 17.7 Å². The fourth-order valence-electron chi connectivity index (χ4n) is 1.67. The normalized spacial score (nSPS) is 10.1. The summed E-state index contributed by atoms with van der Waals surface area (Å²) >= 11 is 0. The molecule has 0 aromatic carbocycles. The molecule has 0 atom stereocenters. The lowest BCUT2D eigenvalue weighted by Crippen LogP contribution is -2.33. The number of carbonyl (C=O) groups excluding carboxylic acids is 1. The molecule has 0 fully saturated rings. The summed E-state index contributed by atoms with van der Waals surface area (Å²) in [5.74, 6) is -1.24. The van der Waals surface area contributed by atoms with Crippen molar-refractivity contribution in [3.05, 3.63) is 23.4 Å². The molecule has 1 aromatic rings. The number of carboxylic acids is 1. The van der Waals surface area contributed by atoms with E-state index in [1.165, 1.54) is 0 Å². The first kappa shape index (κ1) is 14.0. The molecular formula is C12H17N3O3. The van der Waals surface area contributed by atoms with Crippen LogP contribution in [-0.4, -0.2) is 35.1 Å². The zero-order valence-electron chi connectivity index (χ0n) is 10.5. The van der Waals surface area contributed by atoms with Gasteiger partial charge in [-0.2, -0.15) is 0 Å². The number of nitrogens with zero attached hydrogens (tertiary/aromatic N) is 2. The van der Waals surface area contributed by atoms with Crippen LogP contribution in [0.2, 0.25) is 0 Å². The Bertz CT molecular complexity index is 460. The SMILES string of the molecule is CCCN(CC(=O)O)c1nc(C)ccc1C(N)=O. The Kier molecular flexibility index (Phi) is 4.65. The van der Waals surface area contributed by atoms with Gasteiger partial charge in [0.05, 0.1) is 5.56 Å². The van der Waals surface area contributed by atoms with Crippen LogP contribution in [0, 0.1) is 6.92 Å². The molecule has 98 valence electrons. The Balaban J connectivity index is 3.19. The van der Waals surface area contributed by atoms with Gasteiger partial charge in [0, 0.05) is 12.2 Å². The van der Waals surface area contributed by atoms with Crippen molar-refractivity contribution in [2.45, 2.75) is 20.3 Å². The van der Waals surface area contributed by atoms with E-state index in [0.717, 1.165) is 6.42 Å². The van der Waals surface area contributed by atoms with E-state index in [9.17, 15) is 9.59 Å². The van der Waals surface area contributed by atoms with Crippen LogP contribution in [0.15, 0.2) is 12.1 Å². The predicted molar refractivity (Wildman–Crippen MR) is 67.6 cm³/mol. The second-order valence-electron chi connectivity index (χ2n) is 4.00. The zero-order chi connectivity index (χ0) is 13.7. The molecule has 18 heavy (non-hydrogen) atoms. The lowest BCUT2D eigenvalue weighted by molar-refractivity contribution is -0.135. The summed E-state index contributed by atoms with van der Waals surface area (Å²) in [6.07, 6.45) is 0.751. The van der Waals surface area contributed by atoms with E-state index in [1.54, 1.807) is 24.0 Å². The summed E-state index contributed by atoms with van der Waals surface area (Å²) in [5, 5.41) is 8.89. The van der Waals surface area contributed by atoms with E-state index in [0.29, 0.717) is 18.1 Å². The molecule has 1 amide bonds. The maximum atomic E-state index is 11.3. The van der Waals surface area contributed by atoms with Crippen molar-refractivity contribution in [1.82, 2.24) is 4.98 Å². The largest absolute Gasteiger partial charge is 0.480 e. The number of anilines is 1. The number of pyridine rings is 1. The summed E-state index contributed by atoms with van der Waals surface area (Å²) in [4.78, 5) is 28.0. The lowest BCUT2D eigenvalue weighted by atomic mass is 10.2. The zero-order valence-corrected chi connectivity index (χ0v) is 10.5. The van der Waals surface area contributed by atoms with Crippen LogP contribution in [0.3, 0.4) is 0 Å². The fourth-order valence-corrected chi connectivity index (χ4v) is 1.67. The molecule has 0 saturated heterocycles. The van der Waals surface area contributed by atoms with E-state index in [4.69, 9.17) is 10.8 Å². The summed E-state index contributed by atoms with van der Waals surface area (Å²) < 4.78 is 0. The van der Waals surface area contributed by atoms with Crippen LogP contribution in [0.1, 0.15) is 29.4 Å². The number of nitrogens with two attached hydrogens (primary N) is 1. The van der Waals surface area contributed by atoms with Gasteiger partial charge in [0.2, 0.25) is 0 Å². The van der Waals surface area contributed by atoms with Crippen LogP contribution in [0.5, 0.6) is 0 Å². The van der Waals surface area contributed by atoms with E-state index in [-0.39, 0.29) is 12.1 Å². The molecule has 0 aliphatic carbocycles. The molecule has 1 rings (SSSR count). The molecule has 0 aliphatic heterocycles. The van der Waals surface area contributed by atoms with Gasteiger partial charge in [0.25, 0.3) is 5.91 Å². The van der Waals surface area contributed by atoms with Gasteiger partial charge in [-0.1, -0.05) is 6.92 Å². The number of hydrogen-bond donors (Lipinski definition) is 2. The van der Waals surface area contributed by atoms with E-state index in [1.807, 2.05) is 6.92 Å². The third-order valence-electron chi connectivity index (χ3n) is 2.40. The Morgan fingerprint density at radius 2 is 2.11 bits per heavy atom. The standard InChI is InChI=1S/C12H17N3O3/c1-3-6-15(7-10(16)17)12-9(11(13)18)5-4-8(2)14-12/h4-5H,3,6-7H2,1-2H3,(H2,13,18)(H,16,17). The first-order valence-electron chi connectivity index (χ1n) is 5.70. The molecule has 6 nitrogen and oxygen atoms in total. The number of primary amides is 1. The minimum atomic E-state index is -0.970. The van der Waals surface area contributed by atoms with Crippen molar-refractivity contribution in [1.29, 1.82) is 0 Å². The second kappa shape index (κ2) is 6.00. The van der Waals surface area contributed by atoms with Crippen molar-refractivity contribution in [2.75, 3.05) is 18.0 Å². The topological polar surface area (TPSA) is 96.5 Å². The molecule has 1 heterocycles. The Morgan fingerprint density at radius 3 is 2.61 bits per heavy atom. The number of aliphatic carboxylic acids is 1. The average molecular weight is 251 g/mol. The predicted octanol–water partition coefficient (Wildman–Crippen LogP) is 0.790. The van der Waals surface area contributed by atoms with Crippen LogP contribution < -0.4 is 10.6 Å². The molecule has 0 radical (unpaired) electrons. The highest BCUT2D eigenvalue weighted by molar-refractivity contribution is 5.98. The maximum absolute atomic E-state index is 11.3. The van der Waals surface area contributed by atoms with Crippen molar-refractivity contribution < 1.29 is 14.7 Å². The molecule has 1 aromatic heterocycles. The molecule has 3 N–H and O–H groups in total. The lowest BCUT2D eigenvalue weighted by Gasteiger charge is -2.23. The highest BCUT2D eigenvalue weighted by Crippen LogP contribution is 2.18. The number of carbonyl (C=O) groups is 2. The first-order chi connectivity index (χ1) is 8.45. The van der Waals surface area contributed by atoms with Crippen LogP contribution >= 0.6 is 0 Å². The van der Waals surface area contributed by atoms with E-state index >= 15 is 0 Å². The monoisotopic (exact) mass is 251 g/mol. The van der Waals surface area contributed by atoms with E-state index in [2.05, 4.69) is 4.98 Å². The van der Waals surface area contributed by atoms with Crippen LogP contribution in [-0.2, 0) is 4.79 Å². The van der Waals surface area contributed by atoms with Gasteiger partial charge < -0.3 is 15.7 Å². The maximum Gasteiger partial charge on any atom is 0.323 e. The number of amides is 1. The third-order valence-corrected chi connectivity index (χ3v) is 2.40. The molecule has 6 heteroatoms. The number of rotatable bonds is 6. The highest BCUT2D eigenvalue weighted by atomic mass is 16.4. The van der Waals surface area contributed by atoms with Crippen molar-refractivity contribution in [2.24, 2.45) is 5.73 Å². The summed E-state index contributed by atoms with van der Waals surface area (Å²) in [7, 11) is 0. The van der Waals surface area contributed by atoms with Gasteiger partial charge in [-0.3, -0.25) is 9.59 Å². The minimum Gasteiger partial charge on any atom is -0.480 e. The molecule has 0 bridgehead atoms. The van der Waals surface area contributed by atoms with Gasteiger partial charge >= 0.3 is 5.97 Å². The molecule has 0 spiro atoms. The van der Waals surface area contributed by atoms with Crippen LogP contribution in [0.25, 0.3) is 0 Å². The highest BCUT2D eigenvalue weighted by Gasteiger charge is 2.18. The number of hydrogen-bond acceptors (Lipinski definition) is 4. The number of aryl methyl sites for hydroxylation is 1. The minimum absolute atomic E-state index is 0.204. The van der Waals surface area contributed by atoms with Gasteiger partial charge in [-0.25, -0.2) is 4.98 Å². The van der Waals surface area contributed by atoms with Gasteiger partial charge in [-0.05, 0) is 25.5 Å². The fraction of sp³-hybridized carbons (Fsp3) is 0.417. The van der Waals surface area contributed by atoms with Crippen molar-refractivity contribution in [3.63, 3.8) is 0 Å². The number of carboxylic acid groups (broad SMARTS) is 1. The Hall–Kier alpha value is -2.11.